The number of carbonyl (C=O) groups excluding carboxylic acids is 1. The van der Waals surface area contributed by atoms with Crippen LogP contribution in [-0.2, 0) is 16.6 Å². The second-order valence-electron chi connectivity index (χ2n) is 9.16. The van der Waals surface area contributed by atoms with E-state index < -0.39 is 0 Å². The first-order chi connectivity index (χ1) is 16.4. The fraction of sp³-hybridized carbons (Fsp3) is 0.192. The highest BCUT2D eigenvalue weighted by Crippen LogP contribution is 2.27. The molecule has 0 fully saturated rings. The smallest absolute Gasteiger partial charge is 0.229 e. The van der Waals surface area contributed by atoms with Gasteiger partial charge in [0.05, 0.1) is 23.1 Å². The largest absolute Gasteiger partial charge is 0.316 e. The highest BCUT2D eigenvalue weighted by Gasteiger charge is 2.18. The lowest BCUT2D eigenvalue weighted by molar-refractivity contribution is -0.115. The molecular weight excluding hydrogens is 444 g/mol. The Hall–Kier alpha value is -3.91. The zero-order valence-electron chi connectivity index (χ0n) is 19.2. The molecule has 0 radical (unpaired) electrons. The molecule has 0 saturated carbocycles. The molecule has 0 saturated heterocycles. The fourth-order valence-electron chi connectivity index (χ4n) is 3.68. The SMILES string of the molecule is CC(C)(C)c1cc(NC(=O)Cc2ccc(-n3cnc4cc(-c5cncnc5)ccc43)cc2)sn1. The van der Waals surface area contributed by atoms with Gasteiger partial charge in [0.1, 0.15) is 17.7 Å². The predicted octanol–water partition coefficient (Wildman–Crippen LogP) is 5.42. The Balaban J connectivity index is 1.29. The van der Waals surface area contributed by atoms with Gasteiger partial charge in [-0.2, -0.15) is 4.37 Å². The molecule has 1 amide bonds. The molecule has 0 aliphatic rings. The predicted molar refractivity (Wildman–Crippen MR) is 135 cm³/mol. The number of nitrogens with one attached hydrogen (secondary N) is 1. The molecule has 170 valence electrons. The number of rotatable bonds is 5. The number of nitrogens with zero attached hydrogens (tertiary/aromatic N) is 5. The third-order valence-electron chi connectivity index (χ3n) is 5.56. The van der Waals surface area contributed by atoms with Gasteiger partial charge in [-0.05, 0) is 53.0 Å². The second kappa shape index (κ2) is 8.79. The van der Waals surface area contributed by atoms with Crippen molar-refractivity contribution in [3.05, 3.63) is 84.8 Å². The molecule has 0 atom stereocenters. The summed E-state index contributed by atoms with van der Waals surface area (Å²) >= 11 is 1.32. The lowest BCUT2D eigenvalue weighted by Gasteiger charge is -2.13. The molecule has 7 nitrogen and oxygen atoms in total. The lowest BCUT2D eigenvalue weighted by Crippen LogP contribution is -2.14. The molecule has 34 heavy (non-hydrogen) atoms. The first-order valence-electron chi connectivity index (χ1n) is 11.0. The van der Waals surface area contributed by atoms with E-state index in [0.717, 1.165) is 44.1 Å². The van der Waals surface area contributed by atoms with Crippen LogP contribution in [0.5, 0.6) is 0 Å². The molecular formula is C26H24N6OS. The average Bonchev–Trinajstić information content (AvgIpc) is 3.47. The monoisotopic (exact) mass is 468 g/mol. The molecule has 8 heteroatoms. The molecule has 3 heterocycles. The van der Waals surface area contributed by atoms with Gasteiger partial charge in [-0.15, -0.1) is 0 Å². The highest BCUT2D eigenvalue weighted by molar-refractivity contribution is 7.10. The summed E-state index contributed by atoms with van der Waals surface area (Å²) in [5, 5.41) is 3.74. The zero-order valence-corrected chi connectivity index (χ0v) is 20.0. The van der Waals surface area contributed by atoms with Crippen molar-refractivity contribution in [2.45, 2.75) is 32.6 Å². The molecule has 0 aliphatic carbocycles. The number of carbonyl (C=O) groups is 1. The summed E-state index contributed by atoms with van der Waals surface area (Å²) in [6.07, 6.45) is 7.22. The molecule has 1 N–H and O–H groups in total. The summed E-state index contributed by atoms with van der Waals surface area (Å²) in [6.45, 7) is 6.32. The van der Waals surface area contributed by atoms with Gasteiger partial charge < -0.3 is 5.32 Å². The van der Waals surface area contributed by atoms with Crippen molar-refractivity contribution in [1.82, 2.24) is 23.9 Å². The second-order valence-corrected chi connectivity index (χ2v) is 9.97. The Morgan fingerprint density at radius 1 is 1.00 bits per heavy atom. The Morgan fingerprint density at radius 3 is 2.47 bits per heavy atom. The number of anilines is 1. The number of aromatic nitrogens is 5. The lowest BCUT2D eigenvalue weighted by atomic mass is 9.92. The molecule has 5 rings (SSSR count). The van der Waals surface area contributed by atoms with Gasteiger partial charge >= 0.3 is 0 Å². The summed E-state index contributed by atoms with van der Waals surface area (Å²) in [7, 11) is 0. The van der Waals surface area contributed by atoms with Crippen molar-refractivity contribution in [2.75, 3.05) is 5.32 Å². The number of amides is 1. The van der Waals surface area contributed by atoms with Crippen LogP contribution in [0.4, 0.5) is 5.00 Å². The summed E-state index contributed by atoms with van der Waals surface area (Å²) in [5.41, 5.74) is 6.75. The van der Waals surface area contributed by atoms with E-state index in [2.05, 4.69) is 45.4 Å². The van der Waals surface area contributed by atoms with Crippen LogP contribution in [-0.4, -0.2) is 29.8 Å². The van der Waals surface area contributed by atoms with Gasteiger partial charge in [-0.3, -0.25) is 9.36 Å². The highest BCUT2D eigenvalue weighted by atomic mass is 32.1. The molecule has 0 bridgehead atoms. The van der Waals surface area contributed by atoms with Crippen LogP contribution in [0.25, 0.3) is 27.8 Å². The van der Waals surface area contributed by atoms with Crippen LogP contribution in [0, 0.1) is 0 Å². The molecule has 5 aromatic rings. The van der Waals surface area contributed by atoms with Crippen LogP contribution in [0.2, 0.25) is 0 Å². The standard InChI is InChI=1S/C26H24N6OS/c1-26(2,3)23-12-25(34-31-23)30-24(33)10-17-4-7-20(8-5-17)32-16-29-21-11-18(6-9-22(21)32)19-13-27-15-28-14-19/h4-9,11-16H,10H2,1-3H3,(H,30,33). The maximum absolute atomic E-state index is 12.5. The van der Waals surface area contributed by atoms with E-state index in [4.69, 9.17) is 0 Å². The van der Waals surface area contributed by atoms with Gasteiger partial charge in [-0.25, -0.2) is 15.0 Å². The molecule has 3 aromatic heterocycles. The van der Waals surface area contributed by atoms with E-state index in [9.17, 15) is 4.79 Å². The maximum Gasteiger partial charge on any atom is 0.229 e. The minimum absolute atomic E-state index is 0.0374. The summed E-state index contributed by atoms with van der Waals surface area (Å²) in [4.78, 5) is 25.3. The first kappa shape index (κ1) is 21.9. The first-order valence-corrected chi connectivity index (χ1v) is 11.7. The van der Waals surface area contributed by atoms with E-state index in [1.807, 2.05) is 59.4 Å². The van der Waals surface area contributed by atoms with E-state index in [1.165, 1.54) is 17.9 Å². The van der Waals surface area contributed by atoms with Crippen LogP contribution < -0.4 is 5.32 Å². The quantitative estimate of drug-likeness (QED) is 0.372. The van der Waals surface area contributed by atoms with Gasteiger partial charge in [-0.1, -0.05) is 39.0 Å². The molecule has 2 aromatic carbocycles. The molecule has 0 aliphatic heterocycles. The van der Waals surface area contributed by atoms with Crippen LogP contribution in [0.3, 0.4) is 0 Å². The van der Waals surface area contributed by atoms with E-state index >= 15 is 0 Å². The number of benzene rings is 2. The Morgan fingerprint density at radius 2 is 1.76 bits per heavy atom. The Bertz CT molecular complexity index is 1450. The average molecular weight is 469 g/mol. The van der Waals surface area contributed by atoms with Crippen LogP contribution >= 0.6 is 11.5 Å². The maximum atomic E-state index is 12.5. The van der Waals surface area contributed by atoms with Gasteiger partial charge in [0.25, 0.3) is 0 Å². The number of hydrogen-bond acceptors (Lipinski definition) is 6. The third-order valence-corrected chi connectivity index (χ3v) is 6.27. The third kappa shape index (κ3) is 4.58. The molecule has 0 unspecified atom stereocenters. The van der Waals surface area contributed by atoms with E-state index in [-0.39, 0.29) is 11.3 Å². The summed E-state index contributed by atoms with van der Waals surface area (Å²) in [5.74, 6) is -0.0534. The van der Waals surface area contributed by atoms with Crippen molar-refractivity contribution in [3.63, 3.8) is 0 Å². The molecule has 0 spiro atoms. The number of imidazole rings is 1. The Kier molecular flexibility index (Phi) is 5.67. The summed E-state index contributed by atoms with van der Waals surface area (Å²) < 4.78 is 6.48. The van der Waals surface area contributed by atoms with Crippen molar-refractivity contribution >= 4 is 33.5 Å². The Labute approximate surface area is 201 Å². The van der Waals surface area contributed by atoms with E-state index in [1.54, 1.807) is 12.4 Å². The van der Waals surface area contributed by atoms with Crippen molar-refractivity contribution in [3.8, 4) is 16.8 Å². The van der Waals surface area contributed by atoms with Gasteiger partial charge in [0, 0.05) is 29.1 Å². The fourth-order valence-corrected chi connectivity index (χ4v) is 4.52. The van der Waals surface area contributed by atoms with Gasteiger partial charge in [0.15, 0.2) is 0 Å². The minimum atomic E-state index is -0.0534. The van der Waals surface area contributed by atoms with E-state index in [0.29, 0.717) is 6.42 Å². The number of fused-ring (bicyclic) bond motifs is 1. The zero-order chi connectivity index (χ0) is 23.7. The van der Waals surface area contributed by atoms with Crippen LogP contribution in [0.15, 0.2) is 73.6 Å². The topological polar surface area (TPSA) is 85.6 Å². The normalized spacial score (nSPS) is 11.6. The van der Waals surface area contributed by atoms with Gasteiger partial charge in [0.2, 0.25) is 5.91 Å². The van der Waals surface area contributed by atoms with Crippen molar-refractivity contribution < 1.29 is 4.79 Å². The minimum Gasteiger partial charge on any atom is -0.316 e. The van der Waals surface area contributed by atoms with Crippen molar-refractivity contribution in [1.29, 1.82) is 0 Å². The van der Waals surface area contributed by atoms with Crippen molar-refractivity contribution in [2.24, 2.45) is 0 Å². The van der Waals surface area contributed by atoms with Crippen LogP contribution in [0.1, 0.15) is 32.0 Å². The number of hydrogen-bond donors (Lipinski definition) is 1. The summed E-state index contributed by atoms with van der Waals surface area (Å²) in [6, 6.07) is 16.0.